The van der Waals surface area contributed by atoms with Crippen LogP contribution in [0.2, 0.25) is 0 Å². The van der Waals surface area contributed by atoms with Crippen LogP contribution < -0.4 is 16.6 Å². The summed E-state index contributed by atoms with van der Waals surface area (Å²) >= 11 is 1.30. The predicted octanol–water partition coefficient (Wildman–Crippen LogP) is 0.906. The van der Waals surface area contributed by atoms with Gasteiger partial charge in [-0.05, 0) is 6.42 Å². The lowest BCUT2D eigenvalue weighted by molar-refractivity contribution is 0.710. The molecule has 0 saturated heterocycles. The van der Waals surface area contributed by atoms with E-state index < -0.39 is 0 Å². The Morgan fingerprint density at radius 2 is 2.00 bits per heavy atom. The monoisotopic (exact) mass is 268 g/mol. The number of fused-ring (bicyclic) bond motifs is 1. The van der Waals surface area contributed by atoms with Crippen LogP contribution in [0.4, 0.5) is 5.13 Å². The largest absolute Gasteiger partial charge is 0.361 e. The van der Waals surface area contributed by atoms with E-state index in [1.807, 2.05) is 0 Å². The van der Waals surface area contributed by atoms with Crippen molar-refractivity contribution < 1.29 is 0 Å². The van der Waals surface area contributed by atoms with Crippen LogP contribution in [-0.2, 0) is 14.1 Å². The van der Waals surface area contributed by atoms with Gasteiger partial charge in [0.2, 0.25) is 0 Å². The second-order valence-corrected chi connectivity index (χ2v) is 5.16. The van der Waals surface area contributed by atoms with Gasteiger partial charge in [-0.3, -0.25) is 13.9 Å². The summed E-state index contributed by atoms with van der Waals surface area (Å²) in [5.41, 5.74) is -0.181. The number of hydrogen-bond donors (Lipinski definition) is 1. The van der Waals surface area contributed by atoms with Crippen LogP contribution in [0.5, 0.6) is 0 Å². The molecule has 0 unspecified atom stereocenters. The quantitative estimate of drug-likeness (QED) is 0.837. The van der Waals surface area contributed by atoms with Crippen LogP contribution in [0.15, 0.2) is 9.59 Å². The molecule has 2 heterocycles. The normalized spacial score (nSPS) is 11.1. The van der Waals surface area contributed by atoms with Crippen LogP contribution in [0, 0.1) is 0 Å². The van der Waals surface area contributed by atoms with Crippen LogP contribution in [-0.4, -0.2) is 20.7 Å². The average Bonchev–Trinajstić information content (AvgIpc) is 2.78. The fourth-order valence-corrected chi connectivity index (χ4v) is 2.68. The number of aryl methyl sites for hydroxylation is 1. The molecule has 0 spiro atoms. The van der Waals surface area contributed by atoms with E-state index >= 15 is 0 Å². The molecule has 2 aromatic rings. The van der Waals surface area contributed by atoms with Gasteiger partial charge in [-0.15, -0.1) is 0 Å². The second kappa shape index (κ2) is 4.93. The third-order valence-electron chi connectivity index (χ3n) is 2.81. The number of thiazole rings is 1. The number of nitrogens with zero attached hydrogens (tertiary/aromatic N) is 3. The topological polar surface area (TPSA) is 68.9 Å². The first-order valence-corrected chi connectivity index (χ1v) is 6.68. The summed E-state index contributed by atoms with van der Waals surface area (Å²) in [7, 11) is 3.10. The van der Waals surface area contributed by atoms with Crippen molar-refractivity contribution in [1.82, 2.24) is 14.1 Å². The molecule has 0 aliphatic heterocycles. The zero-order valence-electron chi connectivity index (χ0n) is 10.7. The molecule has 98 valence electrons. The van der Waals surface area contributed by atoms with Crippen LogP contribution in [0.1, 0.15) is 19.8 Å². The van der Waals surface area contributed by atoms with Crippen LogP contribution in [0.3, 0.4) is 0 Å². The number of hydrogen-bond acceptors (Lipinski definition) is 5. The SMILES string of the molecule is CCCCNc1nc2c(s1)c(=O)n(C)c(=O)n2C. The Bertz CT molecular complexity index is 683. The number of unbranched alkanes of at least 4 members (excludes halogenated alkanes) is 1. The minimum absolute atomic E-state index is 0.283. The molecule has 0 aromatic carbocycles. The molecule has 0 amide bonds. The summed E-state index contributed by atoms with van der Waals surface area (Å²) in [5.74, 6) is 0. The zero-order valence-corrected chi connectivity index (χ0v) is 11.5. The van der Waals surface area contributed by atoms with Crippen molar-refractivity contribution in [1.29, 1.82) is 0 Å². The summed E-state index contributed by atoms with van der Waals surface area (Å²) in [6, 6.07) is 0. The van der Waals surface area contributed by atoms with E-state index in [1.54, 1.807) is 7.05 Å². The molecule has 2 aromatic heterocycles. The number of anilines is 1. The Kier molecular flexibility index (Phi) is 3.51. The Morgan fingerprint density at radius 1 is 1.28 bits per heavy atom. The average molecular weight is 268 g/mol. The van der Waals surface area contributed by atoms with Gasteiger partial charge in [0.05, 0.1) is 0 Å². The zero-order chi connectivity index (χ0) is 13.3. The molecular formula is C11H16N4O2S. The van der Waals surface area contributed by atoms with Crippen molar-refractivity contribution in [3.05, 3.63) is 20.8 Å². The first kappa shape index (κ1) is 12.8. The number of rotatable bonds is 4. The van der Waals surface area contributed by atoms with E-state index in [0.717, 1.165) is 24.0 Å². The molecule has 1 N–H and O–H groups in total. The molecule has 0 aliphatic carbocycles. The molecule has 18 heavy (non-hydrogen) atoms. The summed E-state index contributed by atoms with van der Waals surface area (Å²) in [6.07, 6.45) is 2.14. The molecule has 0 radical (unpaired) electrons. The van der Waals surface area contributed by atoms with Crippen molar-refractivity contribution in [2.45, 2.75) is 19.8 Å². The standard InChI is InChI=1S/C11H16N4O2S/c1-4-5-6-12-10-13-8-7(18-10)9(16)15(3)11(17)14(8)2/h4-6H2,1-3H3,(H,12,13). The fraction of sp³-hybridized carbons (Fsp3) is 0.545. The first-order valence-electron chi connectivity index (χ1n) is 5.86. The molecule has 0 atom stereocenters. The van der Waals surface area contributed by atoms with Gasteiger partial charge in [0.25, 0.3) is 5.56 Å². The molecule has 6 nitrogen and oxygen atoms in total. The highest BCUT2D eigenvalue weighted by atomic mass is 32.1. The summed E-state index contributed by atoms with van der Waals surface area (Å²) in [5, 5.41) is 3.86. The van der Waals surface area contributed by atoms with E-state index in [-0.39, 0.29) is 11.2 Å². The summed E-state index contributed by atoms with van der Waals surface area (Å²) < 4.78 is 3.02. The van der Waals surface area contributed by atoms with Crippen molar-refractivity contribution in [3.8, 4) is 0 Å². The maximum atomic E-state index is 11.9. The Labute approximate surface area is 108 Å². The van der Waals surface area contributed by atoms with Gasteiger partial charge in [-0.1, -0.05) is 24.7 Å². The van der Waals surface area contributed by atoms with Gasteiger partial charge >= 0.3 is 5.69 Å². The maximum Gasteiger partial charge on any atom is 0.332 e. The maximum absolute atomic E-state index is 11.9. The number of nitrogens with one attached hydrogen (secondary N) is 1. The Morgan fingerprint density at radius 3 is 2.67 bits per heavy atom. The molecule has 0 aliphatic rings. The predicted molar refractivity (Wildman–Crippen MR) is 73.5 cm³/mol. The Hall–Kier alpha value is -1.63. The molecule has 0 bridgehead atoms. The van der Waals surface area contributed by atoms with Crippen LogP contribution >= 0.6 is 11.3 Å². The number of aromatic nitrogens is 3. The highest BCUT2D eigenvalue weighted by molar-refractivity contribution is 7.22. The van der Waals surface area contributed by atoms with Crippen molar-refractivity contribution in [3.63, 3.8) is 0 Å². The van der Waals surface area contributed by atoms with E-state index in [9.17, 15) is 9.59 Å². The molecular weight excluding hydrogens is 252 g/mol. The lowest BCUT2D eigenvalue weighted by Gasteiger charge is -2.00. The fourth-order valence-electron chi connectivity index (χ4n) is 1.68. The minimum Gasteiger partial charge on any atom is -0.361 e. The van der Waals surface area contributed by atoms with Gasteiger partial charge < -0.3 is 5.32 Å². The Balaban J connectivity index is 2.51. The second-order valence-electron chi connectivity index (χ2n) is 4.16. The van der Waals surface area contributed by atoms with Crippen molar-refractivity contribution in [2.75, 3.05) is 11.9 Å². The molecule has 2 rings (SSSR count). The summed E-state index contributed by atoms with van der Waals surface area (Å²) in [6.45, 7) is 2.93. The third-order valence-corrected chi connectivity index (χ3v) is 3.80. The van der Waals surface area contributed by atoms with Crippen molar-refractivity contribution in [2.24, 2.45) is 14.1 Å². The van der Waals surface area contributed by atoms with Gasteiger partial charge in [0, 0.05) is 20.6 Å². The van der Waals surface area contributed by atoms with E-state index in [1.165, 1.54) is 23.0 Å². The van der Waals surface area contributed by atoms with Crippen LogP contribution in [0.25, 0.3) is 10.3 Å². The van der Waals surface area contributed by atoms with Crippen molar-refractivity contribution >= 4 is 26.8 Å². The van der Waals surface area contributed by atoms with Gasteiger partial charge in [0.1, 0.15) is 4.70 Å². The van der Waals surface area contributed by atoms with E-state index in [0.29, 0.717) is 15.5 Å². The molecule has 0 saturated carbocycles. The molecule has 0 fully saturated rings. The highest BCUT2D eigenvalue weighted by Gasteiger charge is 2.13. The van der Waals surface area contributed by atoms with Gasteiger partial charge in [-0.2, -0.15) is 0 Å². The van der Waals surface area contributed by atoms with E-state index in [2.05, 4.69) is 17.2 Å². The minimum atomic E-state index is -0.349. The van der Waals surface area contributed by atoms with Gasteiger partial charge in [-0.25, -0.2) is 9.78 Å². The first-order chi connectivity index (χ1) is 8.56. The molecule has 7 heteroatoms. The van der Waals surface area contributed by atoms with E-state index in [4.69, 9.17) is 0 Å². The highest BCUT2D eigenvalue weighted by Crippen LogP contribution is 2.21. The van der Waals surface area contributed by atoms with Gasteiger partial charge in [0.15, 0.2) is 10.8 Å². The third kappa shape index (κ3) is 2.05. The lowest BCUT2D eigenvalue weighted by atomic mass is 10.3. The summed E-state index contributed by atoms with van der Waals surface area (Å²) in [4.78, 5) is 28.0. The smallest absolute Gasteiger partial charge is 0.332 e. The lowest BCUT2D eigenvalue weighted by Crippen LogP contribution is -2.36.